The molecule has 1 aromatic heterocycles. The summed E-state index contributed by atoms with van der Waals surface area (Å²) in [6.45, 7) is 4.20. The van der Waals surface area contributed by atoms with E-state index in [-0.39, 0.29) is 0 Å². The molecule has 2 bridgehead atoms. The smallest absolute Gasteiger partial charge is 0.0769 e. The molecular weight excluding hydrogens is 196 g/mol. The molecule has 2 aliphatic heterocycles. The molecule has 3 aliphatic rings. The fourth-order valence-electron chi connectivity index (χ4n) is 2.53. The average Bonchev–Trinajstić information content (AvgIpc) is 2.81. The van der Waals surface area contributed by atoms with Crippen LogP contribution in [-0.4, -0.2) is 33.1 Å². The van der Waals surface area contributed by atoms with Crippen LogP contribution in [0.15, 0.2) is 0 Å². The van der Waals surface area contributed by atoms with Gasteiger partial charge in [-0.25, -0.2) is 0 Å². The van der Waals surface area contributed by atoms with Crippen molar-refractivity contribution in [3.63, 3.8) is 0 Å². The van der Waals surface area contributed by atoms with Gasteiger partial charge in [0.05, 0.1) is 10.6 Å². The van der Waals surface area contributed by atoms with E-state index in [0.29, 0.717) is 12.1 Å². The second-order valence-electron chi connectivity index (χ2n) is 4.35. The van der Waals surface area contributed by atoms with Crippen LogP contribution in [0.3, 0.4) is 0 Å². The first-order valence-corrected chi connectivity index (χ1v) is 5.80. The Morgan fingerprint density at radius 1 is 1.64 bits per heavy atom. The molecule has 0 spiro atoms. The third-order valence-electron chi connectivity index (χ3n) is 3.56. The molecule has 0 aromatic carbocycles. The Balaban J connectivity index is 1.72. The number of nitrogens with two attached hydrogens (primary N) is 1. The van der Waals surface area contributed by atoms with E-state index in [1.54, 1.807) is 0 Å². The maximum absolute atomic E-state index is 6.02. The summed E-state index contributed by atoms with van der Waals surface area (Å²) in [7, 11) is 0. The average molecular weight is 210 g/mol. The van der Waals surface area contributed by atoms with Crippen LogP contribution >= 0.6 is 11.5 Å². The fourth-order valence-corrected chi connectivity index (χ4v) is 3.19. The number of aryl methyl sites for hydroxylation is 1. The molecule has 4 rings (SSSR count). The summed E-state index contributed by atoms with van der Waals surface area (Å²) in [5.74, 6) is 0.751. The predicted octanol–water partition coefficient (Wildman–Crippen LogP) is 0.378. The Labute approximate surface area is 87.3 Å². The summed E-state index contributed by atoms with van der Waals surface area (Å²) in [6, 6.07) is 1.05. The minimum Gasteiger partial charge on any atom is -0.326 e. The zero-order valence-corrected chi connectivity index (χ0v) is 9.00. The summed E-state index contributed by atoms with van der Waals surface area (Å²) in [4.78, 5) is 3.78. The van der Waals surface area contributed by atoms with E-state index in [4.69, 9.17) is 5.73 Å². The summed E-state index contributed by atoms with van der Waals surface area (Å²) in [5, 5.41) is 4.03. The second kappa shape index (κ2) is 2.98. The van der Waals surface area contributed by atoms with Crippen molar-refractivity contribution in [3.8, 4) is 0 Å². The van der Waals surface area contributed by atoms with Gasteiger partial charge < -0.3 is 5.73 Å². The molecule has 1 aliphatic carbocycles. The normalized spacial score (nSPS) is 36.0. The first-order chi connectivity index (χ1) is 6.75. The summed E-state index contributed by atoms with van der Waals surface area (Å²) in [5.41, 5.74) is 7.09. The van der Waals surface area contributed by atoms with E-state index < -0.39 is 0 Å². The molecule has 3 fully saturated rings. The van der Waals surface area contributed by atoms with Gasteiger partial charge in [-0.15, -0.1) is 5.10 Å². The Morgan fingerprint density at radius 3 is 3.00 bits per heavy atom. The summed E-state index contributed by atoms with van der Waals surface area (Å²) < 4.78 is 3.96. The molecule has 1 aromatic rings. The number of hydrogen-bond acceptors (Lipinski definition) is 5. The van der Waals surface area contributed by atoms with Crippen LogP contribution in [-0.2, 0) is 6.54 Å². The molecule has 1 saturated carbocycles. The zero-order chi connectivity index (χ0) is 9.71. The maximum Gasteiger partial charge on any atom is 0.0769 e. The number of nitrogens with zero attached hydrogens (tertiary/aromatic N) is 3. The molecule has 3 unspecified atom stereocenters. The Morgan fingerprint density at radius 2 is 2.50 bits per heavy atom. The Kier molecular flexibility index (Phi) is 1.87. The van der Waals surface area contributed by atoms with Crippen LogP contribution in [0.2, 0.25) is 0 Å². The molecule has 4 nitrogen and oxygen atoms in total. The highest BCUT2D eigenvalue weighted by molar-refractivity contribution is 7.05. The van der Waals surface area contributed by atoms with Crippen LogP contribution in [0.5, 0.6) is 0 Å². The van der Waals surface area contributed by atoms with Crippen molar-refractivity contribution in [1.82, 2.24) is 14.5 Å². The lowest BCUT2D eigenvalue weighted by Crippen LogP contribution is -2.49. The van der Waals surface area contributed by atoms with E-state index in [2.05, 4.69) is 14.5 Å². The maximum atomic E-state index is 6.02. The zero-order valence-electron chi connectivity index (χ0n) is 8.18. The van der Waals surface area contributed by atoms with Gasteiger partial charge in [-0.1, -0.05) is 4.49 Å². The van der Waals surface area contributed by atoms with Crippen molar-refractivity contribution in [2.45, 2.75) is 32.0 Å². The highest BCUT2D eigenvalue weighted by Crippen LogP contribution is 2.40. The van der Waals surface area contributed by atoms with E-state index >= 15 is 0 Å². The van der Waals surface area contributed by atoms with E-state index in [1.807, 2.05) is 6.92 Å². The van der Waals surface area contributed by atoms with Gasteiger partial charge in [0.2, 0.25) is 0 Å². The predicted molar refractivity (Wildman–Crippen MR) is 54.9 cm³/mol. The molecular formula is C9H14N4S. The Hall–Kier alpha value is -0.520. The lowest BCUT2D eigenvalue weighted by atomic mass is 9.81. The third-order valence-corrected chi connectivity index (χ3v) is 4.37. The lowest BCUT2D eigenvalue weighted by Gasteiger charge is -2.33. The van der Waals surface area contributed by atoms with Crippen molar-refractivity contribution >= 4 is 11.5 Å². The van der Waals surface area contributed by atoms with Crippen molar-refractivity contribution in [3.05, 3.63) is 10.6 Å². The van der Waals surface area contributed by atoms with Crippen molar-refractivity contribution in [2.24, 2.45) is 11.7 Å². The molecule has 14 heavy (non-hydrogen) atoms. The van der Waals surface area contributed by atoms with Crippen LogP contribution in [0.25, 0.3) is 0 Å². The molecule has 76 valence electrons. The Bertz CT molecular complexity index is 350. The second-order valence-corrected chi connectivity index (χ2v) is 5.19. The van der Waals surface area contributed by atoms with Crippen molar-refractivity contribution < 1.29 is 0 Å². The van der Waals surface area contributed by atoms with Gasteiger partial charge in [0.25, 0.3) is 0 Å². The van der Waals surface area contributed by atoms with Crippen LogP contribution in [0.1, 0.15) is 17.0 Å². The number of fused-ring (bicyclic) bond motifs is 1. The first kappa shape index (κ1) is 8.76. The van der Waals surface area contributed by atoms with Crippen molar-refractivity contribution in [2.75, 3.05) is 6.54 Å². The van der Waals surface area contributed by atoms with Gasteiger partial charge in [-0.2, -0.15) is 0 Å². The standard InChI is InChI=1S/C9H14N4S/c1-5-8(14-12-11-5)4-13-3-6-2-7(13)9(6)10/h6-7,9H,2-4,10H2,1H3. The van der Waals surface area contributed by atoms with E-state index in [0.717, 1.165) is 18.2 Å². The number of hydrogen-bond donors (Lipinski definition) is 1. The lowest BCUT2D eigenvalue weighted by molar-refractivity contribution is 0.209. The van der Waals surface area contributed by atoms with Crippen LogP contribution in [0, 0.1) is 12.8 Å². The monoisotopic (exact) mass is 210 g/mol. The van der Waals surface area contributed by atoms with Crippen molar-refractivity contribution in [1.29, 1.82) is 0 Å². The van der Waals surface area contributed by atoms with Gasteiger partial charge in [0.1, 0.15) is 0 Å². The van der Waals surface area contributed by atoms with Gasteiger partial charge in [-0.3, -0.25) is 4.90 Å². The highest BCUT2D eigenvalue weighted by Gasteiger charge is 2.49. The van der Waals surface area contributed by atoms with Gasteiger partial charge in [0, 0.05) is 25.2 Å². The molecule has 3 heterocycles. The highest BCUT2D eigenvalue weighted by atomic mass is 32.1. The minimum absolute atomic E-state index is 0.427. The molecule has 2 N–H and O–H groups in total. The topological polar surface area (TPSA) is 55.0 Å². The van der Waals surface area contributed by atoms with E-state index in [1.165, 1.54) is 29.4 Å². The molecule has 5 heteroatoms. The first-order valence-electron chi connectivity index (χ1n) is 5.03. The molecule has 2 saturated heterocycles. The summed E-state index contributed by atoms with van der Waals surface area (Å²) in [6.07, 6.45) is 1.30. The number of rotatable bonds is 2. The molecule has 3 atom stereocenters. The molecule has 0 radical (unpaired) electrons. The largest absolute Gasteiger partial charge is 0.326 e. The van der Waals surface area contributed by atoms with Gasteiger partial charge in [-0.05, 0) is 30.8 Å². The molecule has 0 amide bonds. The quantitative estimate of drug-likeness (QED) is 0.766. The third kappa shape index (κ3) is 1.12. The van der Waals surface area contributed by atoms with Gasteiger partial charge >= 0.3 is 0 Å². The summed E-state index contributed by atoms with van der Waals surface area (Å²) >= 11 is 1.51. The number of aromatic nitrogens is 2. The van der Waals surface area contributed by atoms with Gasteiger partial charge in [0.15, 0.2) is 0 Å². The minimum atomic E-state index is 0.427. The fraction of sp³-hybridized carbons (Fsp3) is 0.778. The van der Waals surface area contributed by atoms with Crippen LogP contribution < -0.4 is 5.73 Å². The SMILES string of the molecule is Cc1nnsc1CN1CC2CC1C2N. The van der Waals surface area contributed by atoms with E-state index in [9.17, 15) is 0 Å². The van der Waals surface area contributed by atoms with Crippen LogP contribution in [0.4, 0.5) is 0 Å².